The van der Waals surface area contributed by atoms with Gasteiger partial charge in [0.2, 0.25) is 0 Å². The largest absolute Gasteiger partial charge is 0.504 e. The number of hydrazone groups is 1. The summed E-state index contributed by atoms with van der Waals surface area (Å²) in [6, 6.07) is 8.57. The van der Waals surface area contributed by atoms with Crippen molar-refractivity contribution in [1.82, 2.24) is 10.7 Å². The summed E-state index contributed by atoms with van der Waals surface area (Å²) in [4.78, 5) is 0. The SMILES string of the molecule is COc1cc(C=NNC(=S)NCc2ccco2)ccc1O. The van der Waals surface area contributed by atoms with E-state index in [-0.39, 0.29) is 5.75 Å². The van der Waals surface area contributed by atoms with Crippen LogP contribution in [0.5, 0.6) is 11.5 Å². The maximum atomic E-state index is 9.48. The molecule has 0 aliphatic carbocycles. The second kappa shape index (κ2) is 7.30. The van der Waals surface area contributed by atoms with Gasteiger partial charge in [-0.2, -0.15) is 5.10 Å². The Balaban J connectivity index is 1.82. The van der Waals surface area contributed by atoms with Crippen LogP contribution >= 0.6 is 12.2 Å². The van der Waals surface area contributed by atoms with Gasteiger partial charge in [-0.15, -0.1) is 0 Å². The summed E-state index contributed by atoms with van der Waals surface area (Å²) in [6.45, 7) is 0.487. The van der Waals surface area contributed by atoms with Gasteiger partial charge >= 0.3 is 0 Å². The number of nitrogens with one attached hydrogen (secondary N) is 2. The van der Waals surface area contributed by atoms with Crippen LogP contribution in [0.4, 0.5) is 0 Å². The molecule has 0 radical (unpaired) electrons. The van der Waals surface area contributed by atoms with E-state index in [1.165, 1.54) is 13.2 Å². The Morgan fingerprint density at radius 3 is 3.05 bits per heavy atom. The van der Waals surface area contributed by atoms with E-state index in [2.05, 4.69) is 15.8 Å². The summed E-state index contributed by atoms with van der Waals surface area (Å²) in [5.74, 6) is 1.25. The molecule has 21 heavy (non-hydrogen) atoms. The molecular weight excluding hydrogens is 290 g/mol. The van der Waals surface area contributed by atoms with Crippen LogP contribution in [0.3, 0.4) is 0 Å². The number of benzene rings is 1. The van der Waals surface area contributed by atoms with E-state index >= 15 is 0 Å². The third-order valence-corrected chi connectivity index (χ3v) is 2.82. The molecule has 0 amide bonds. The lowest BCUT2D eigenvalue weighted by atomic mass is 10.2. The Kier molecular flexibility index (Phi) is 5.16. The van der Waals surface area contributed by atoms with E-state index in [9.17, 15) is 5.11 Å². The summed E-state index contributed by atoms with van der Waals surface area (Å²) in [6.07, 6.45) is 3.17. The van der Waals surface area contributed by atoms with Crippen LogP contribution in [0.25, 0.3) is 0 Å². The number of hydrogen-bond donors (Lipinski definition) is 3. The highest BCUT2D eigenvalue weighted by Crippen LogP contribution is 2.25. The molecule has 110 valence electrons. The summed E-state index contributed by atoms with van der Waals surface area (Å²) in [7, 11) is 1.49. The molecule has 0 fully saturated rings. The highest BCUT2D eigenvalue weighted by Gasteiger charge is 2.01. The summed E-state index contributed by atoms with van der Waals surface area (Å²) in [5.41, 5.74) is 3.46. The average Bonchev–Trinajstić information content (AvgIpc) is 3.00. The van der Waals surface area contributed by atoms with Crippen molar-refractivity contribution in [3.05, 3.63) is 47.9 Å². The quantitative estimate of drug-likeness (QED) is 0.445. The van der Waals surface area contributed by atoms with E-state index in [4.69, 9.17) is 21.4 Å². The van der Waals surface area contributed by atoms with Gasteiger partial charge in [-0.05, 0) is 48.1 Å². The van der Waals surface area contributed by atoms with Crippen LogP contribution in [0.2, 0.25) is 0 Å². The zero-order chi connectivity index (χ0) is 15.1. The standard InChI is InChI=1S/C14H15N3O3S/c1-19-13-7-10(4-5-12(13)18)8-16-17-14(21)15-9-11-3-2-6-20-11/h2-8,18H,9H2,1H3,(H2,15,17,21). The Hall–Kier alpha value is -2.54. The van der Waals surface area contributed by atoms with E-state index in [1.807, 2.05) is 12.1 Å². The second-order valence-corrected chi connectivity index (χ2v) is 4.47. The topological polar surface area (TPSA) is 79.0 Å². The van der Waals surface area contributed by atoms with Crippen LogP contribution in [-0.4, -0.2) is 23.5 Å². The van der Waals surface area contributed by atoms with Gasteiger partial charge in [0.1, 0.15) is 5.76 Å². The molecule has 0 bridgehead atoms. The van der Waals surface area contributed by atoms with Crippen molar-refractivity contribution in [3.63, 3.8) is 0 Å². The number of thiocarbonyl (C=S) groups is 1. The number of phenolic OH excluding ortho intramolecular Hbond substituents is 1. The van der Waals surface area contributed by atoms with Crippen LogP contribution in [0.15, 0.2) is 46.1 Å². The second-order valence-electron chi connectivity index (χ2n) is 4.06. The van der Waals surface area contributed by atoms with E-state index in [0.29, 0.717) is 17.4 Å². The molecule has 0 aliphatic rings. The molecule has 0 saturated carbocycles. The molecule has 0 aliphatic heterocycles. The van der Waals surface area contributed by atoms with Gasteiger partial charge in [-0.25, -0.2) is 0 Å². The van der Waals surface area contributed by atoms with Crippen molar-refractivity contribution in [2.45, 2.75) is 6.54 Å². The molecule has 7 heteroatoms. The van der Waals surface area contributed by atoms with Crippen LogP contribution < -0.4 is 15.5 Å². The Morgan fingerprint density at radius 2 is 2.33 bits per heavy atom. The van der Waals surface area contributed by atoms with Crippen LogP contribution in [-0.2, 0) is 6.54 Å². The lowest BCUT2D eigenvalue weighted by molar-refractivity contribution is 0.373. The number of ether oxygens (including phenoxy) is 1. The molecule has 0 spiro atoms. The van der Waals surface area contributed by atoms with Crippen molar-refractivity contribution in [1.29, 1.82) is 0 Å². The highest BCUT2D eigenvalue weighted by molar-refractivity contribution is 7.80. The molecule has 0 unspecified atom stereocenters. The first-order valence-electron chi connectivity index (χ1n) is 6.15. The normalized spacial score (nSPS) is 10.5. The van der Waals surface area contributed by atoms with Crippen molar-refractivity contribution in [2.75, 3.05) is 7.11 Å². The first-order valence-corrected chi connectivity index (χ1v) is 6.56. The maximum Gasteiger partial charge on any atom is 0.187 e. The molecule has 2 aromatic rings. The number of aromatic hydroxyl groups is 1. The van der Waals surface area contributed by atoms with Gasteiger partial charge in [0.15, 0.2) is 16.6 Å². The van der Waals surface area contributed by atoms with Crippen molar-refractivity contribution >= 4 is 23.5 Å². The molecule has 1 heterocycles. The maximum absolute atomic E-state index is 9.48. The van der Waals surface area contributed by atoms with Crippen LogP contribution in [0, 0.1) is 0 Å². The van der Waals surface area contributed by atoms with Crippen molar-refractivity contribution in [3.8, 4) is 11.5 Å². The van der Waals surface area contributed by atoms with Crippen molar-refractivity contribution < 1.29 is 14.3 Å². The number of nitrogens with zero attached hydrogens (tertiary/aromatic N) is 1. The lowest BCUT2D eigenvalue weighted by Crippen LogP contribution is -2.31. The van der Waals surface area contributed by atoms with E-state index in [1.54, 1.807) is 24.6 Å². The number of hydrogen-bond acceptors (Lipinski definition) is 5. The minimum atomic E-state index is 0.0817. The Labute approximate surface area is 127 Å². The molecule has 0 saturated heterocycles. The Morgan fingerprint density at radius 1 is 1.48 bits per heavy atom. The molecule has 0 atom stereocenters. The van der Waals surface area contributed by atoms with Gasteiger partial charge in [0.05, 0.1) is 26.1 Å². The van der Waals surface area contributed by atoms with E-state index in [0.717, 1.165) is 11.3 Å². The fraction of sp³-hybridized carbons (Fsp3) is 0.143. The van der Waals surface area contributed by atoms with Crippen molar-refractivity contribution in [2.24, 2.45) is 5.10 Å². The number of furan rings is 1. The molecule has 6 nitrogen and oxygen atoms in total. The lowest BCUT2D eigenvalue weighted by Gasteiger charge is -2.05. The predicted octanol–water partition coefficient (Wildman–Crippen LogP) is 1.99. The first-order chi connectivity index (χ1) is 10.2. The average molecular weight is 305 g/mol. The molecular formula is C14H15N3O3S. The van der Waals surface area contributed by atoms with E-state index < -0.39 is 0 Å². The first kappa shape index (κ1) is 14.9. The Bertz CT molecular complexity index is 626. The number of methoxy groups -OCH3 is 1. The summed E-state index contributed by atoms with van der Waals surface area (Å²) >= 11 is 5.07. The van der Waals surface area contributed by atoms with Crippen LogP contribution in [0.1, 0.15) is 11.3 Å². The number of phenols is 1. The van der Waals surface area contributed by atoms with Gasteiger partial charge in [0.25, 0.3) is 0 Å². The summed E-state index contributed by atoms with van der Waals surface area (Å²) in [5, 5.41) is 16.8. The summed E-state index contributed by atoms with van der Waals surface area (Å²) < 4.78 is 10.2. The third kappa shape index (κ3) is 4.50. The fourth-order valence-corrected chi connectivity index (χ4v) is 1.68. The monoisotopic (exact) mass is 305 g/mol. The fourth-order valence-electron chi connectivity index (χ4n) is 1.56. The van der Waals surface area contributed by atoms with Gasteiger partial charge in [-0.1, -0.05) is 0 Å². The van der Waals surface area contributed by atoms with Gasteiger partial charge in [0, 0.05) is 0 Å². The highest BCUT2D eigenvalue weighted by atomic mass is 32.1. The zero-order valence-electron chi connectivity index (χ0n) is 11.4. The molecule has 1 aromatic carbocycles. The molecule has 2 rings (SSSR count). The minimum absolute atomic E-state index is 0.0817. The predicted molar refractivity (Wildman–Crippen MR) is 83.5 cm³/mol. The minimum Gasteiger partial charge on any atom is -0.504 e. The smallest absolute Gasteiger partial charge is 0.187 e. The number of rotatable bonds is 5. The zero-order valence-corrected chi connectivity index (χ0v) is 12.2. The molecule has 3 N–H and O–H groups in total. The van der Waals surface area contributed by atoms with Gasteiger partial charge in [-0.3, -0.25) is 5.43 Å². The molecule has 1 aromatic heterocycles. The van der Waals surface area contributed by atoms with Gasteiger partial charge < -0.3 is 19.6 Å². The third-order valence-electron chi connectivity index (χ3n) is 2.59.